The van der Waals surface area contributed by atoms with Gasteiger partial charge in [0.15, 0.2) is 0 Å². The number of phenols is 1. The summed E-state index contributed by atoms with van der Waals surface area (Å²) in [6.45, 7) is 0.699. The van der Waals surface area contributed by atoms with Gasteiger partial charge >= 0.3 is 0 Å². The van der Waals surface area contributed by atoms with Gasteiger partial charge in [0.25, 0.3) is 0 Å². The number of rotatable bonds is 3. The molecule has 2 N–H and O–H groups in total. The van der Waals surface area contributed by atoms with Gasteiger partial charge in [0.2, 0.25) is 0 Å². The highest BCUT2D eigenvalue weighted by Gasteiger charge is 2.11. The van der Waals surface area contributed by atoms with Crippen LogP contribution in [0.5, 0.6) is 5.75 Å². The fraction of sp³-hybridized carbons (Fsp3) is 0.167. The Labute approximate surface area is 110 Å². The summed E-state index contributed by atoms with van der Waals surface area (Å²) in [5.74, 6) is 0.272. The van der Waals surface area contributed by atoms with Gasteiger partial charge in [0.1, 0.15) is 16.1 Å². The lowest BCUT2D eigenvalue weighted by atomic mass is 10.1. The summed E-state index contributed by atoms with van der Waals surface area (Å²) in [7, 11) is 0. The summed E-state index contributed by atoms with van der Waals surface area (Å²) in [4.78, 5) is 0. The number of hydrogen-bond donors (Lipinski definition) is 2. The first-order valence-electron chi connectivity index (χ1n) is 5.20. The molecule has 1 aliphatic heterocycles. The summed E-state index contributed by atoms with van der Waals surface area (Å²) in [5, 5.41) is 12.1. The number of halogens is 2. The molecule has 3 nitrogen and oxygen atoms in total. The second-order valence-electron chi connectivity index (χ2n) is 3.68. The molecule has 0 atom stereocenters. The molecule has 1 aromatic carbocycles. The summed E-state index contributed by atoms with van der Waals surface area (Å²) in [6, 6.07) is 7.11. The molecule has 0 spiro atoms. The zero-order valence-electron chi connectivity index (χ0n) is 9.03. The molecule has 0 saturated carbocycles. The van der Waals surface area contributed by atoms with E-state index >= 15 is 0 Å². The molecule has 2 rings (SSSR count). The van der Waals surface area contributed by atoms with Gasteiger partial charge in [-0.25, -0.2) is 0 Å². The Hall–Kier alpha value is -1.32. The maximum atomic E-state index is 9.17. The molecule has 0 radical (unpaired) electrons. The number of nitrogens with one attached hydrogen (secondary N) is 1. The van der Waals surface area contributed by atoms with Crippen molar-refractivity contribution in [2.24, 2.45) is 0 Å². The molecule has 1 aromatic rings. The molecule has 0 fully saturated rings. The van der Waals surface area contributed by atoms with Crippen molar-refractivity contribution in [1.82, 2.24) is 10.4 Å². The molecule has 0 aliphatic carbocycles. The van der Waals surface area contributed by atoms with Gasteiger partial charge in [-0.05, 0) is 36.3 Å². The Morgan fingerprint density at radius 1 is 1.12 bits per heavy atom. The molecule has 0 bridgehead atoms. The molecule has 1 heterocycles. The fourth-order valence-corrected chi connectivity index (χ4v) is 1.87. The topological polar surface area (TPSA) is 35.5 Å². The van der Waals surface area contributed by atoms with E-state index in [4.69, 9.17) is 23.2 Å². The average molecular weight is 271 g/mol. The first kappa shape index (κ1) is 12.1. The first-order valence-corrected chi connectivity index (χ1v) is 5.96. The highest BCUT2D eigenvalue weighted by molar-refractivity contribution is 6.31. The van der Waals surface area contributed by atoms with Crippen molar-refractivity contribution < 1.29 is 5.11 Å². The molecule has 90 valence electrons. The van der Waals surface area contributed by atoms with Crippen LogP contribution < -0.4 is 5.43 Å². The molecule has 0 unspecified atom stereocenters. The maximum absolute atomic E-state index is 9.17. The highest BCUT2D eigenvalue weighted by Crippen LogP contribution is 2.17. The largest absolute Gasteiger partial charge is 0.508 e. The minimum atomic E-state index is 0.272. The monoisotopic (exact) mass is 270 g/mol. The average Bonchev–Trinajstić information content (AvgIpc) is 2.32. The second-order valence-corrected chi connectivity index (χ2v) is 4.48. The van der Waals surface area contributed by atoms with Gasteiger partial charge < -0.3 is 5.11 Å². The lowest BCUT2D eigenvalue weighted by Gasteiger charge is -2.27. The van der Waals surface area contributed by atoms with Crippen molar-refractivity contribution in [2.45, 2.75) is 6.42 Å². The van der Waals surface area contributed by atoms with Gasteiger partial charge in [-0.15, -0.1) is 0 Å². The first-order chi connectivity index (χ1) is 8.15. The third kappa shape index (κ3) is 3.32. The summed E-state index contributed by atoms with van der Waals surface area (Å²) < 4.78 is 0. The predicted molar refractivity (Wildman–Crippen MR) is 69.5 cm³/mol. The molecule has 0 saturated heterocycles. The smallest absolute Gasteiger partial charge is 0.123 e. The van der Waals surface area contributed by atoms with Crippen LogP contribution in [0.1, 0.15) is 5.56 Å². The SMILES string of the molecule is Oc1ccc(CCN2NC(Cl)=CC=C2Cl)cc1. The van der Waals surface area contributed by atoms with Crippen LogP contribution in [0.3, 0.4) is 0 Å². The van der Waals surface area contributed by atoms with E-state index in [1.807, 2.05) is 12.1 Å². The zero-order chi connectivity index (χ0) is 12.3. The quantitative estimate of drug-likeness (QED) is 0.830. The zero-order valence-corrected chi connectivity index (χ0v) is 10.5. The highest BCUT2D eigenvalue weighted by atomic mass is 35.5. The normalized spacial score (nSPS) is 15.1. The predicted octanol–water partition coefficient (Wildman–Crippen LogP) is 2.92. The fourth-order valence-electron chi connectivity index (χ4n) is 1.52. The molecule has 5 heteroatoms. The van der Waals surface area contributed by atoms with E-state index in [2.05, 4.69) is 5.43 Å². The number of aromatic hydroxyl groups is 1. The Morgan fingerprint density at radius 3 is 2.53 bits per heavy atom. The Balaban J connectivity index is 1.93. The van der Waals surface area contributed by atoms with Crippen LogP contribution in [-0.4, -0.2) is 16.7 Å². The van der Waals surface area contributed by atoms with Crippen molar-refractivity contribution in [2.75, 3.05) is 6.54 Å². The van der Waals surface area contributed by atoms with E-state index in [9.17, 15) is 5.11 Å². The molecule has 0 aromatic heterocycles. The van der Waals surface area contributed by atoms with Crippen molar-refractivity contribution in [3.8, 4) is 5.75 Å². The minimum absolute atomic E-state index is 0.272. The summed E-state index contributed by atoms with van der Waals surface area (Å²) >= 11 is 11.9. The van der Waals surface area contributed by atoms with Gasteiger partial charge in [0, 0.05) is 6.54 Å². The number of hydrogen-bond acceptors (Lipinski definition) is 3. The number of nitrogens with zero attached hydrogens (tertiary/aromatic N) is 1. The summed E-state index contributed by atoms with van der Waals surface area (Å²) in [5.41, 5.74) is 4.08. The third-order valence-corrected chi connectivity index (χ3v) is 2.97. The van der Waals surface area contributed by atoms with Crippen LogP contribution >= 0.6 is 23.2 Å². The number of hydrazine groups is 1. The van der Waals surface area contributed by atoms with E-state index < -0.39 is 0 Å². The number of phenolic OH excluding ortho intramolecular Hbond substituents is 1. The lowest BCUT2D eigenvalue weighted by molar-refractivity contribution is 0.300. The van der Waals surface area contributed by atoms with Crippen molar-refractivity contribution in [3.63, 3.8) is 0 Å². The van der Waals surface area contributed by atoms with Crippen LogP contribution in [0.25, 0.3) is 0 Å². The minimum Gasteiger partial charge on any atom is -0.508 e. The van der Waals surface area contributed by atoms with Crippen LogP contribution in [0.15, 0.2) is 46.7 Å². The van der Waals surface area contributed by atoms with Crippen molar-refractivity contribution in [3.05, 3.63) is 52.3 Å². The third-order valence-electron chi connectivity index (χ3n) is 2.43. The maximum Gasteiger partial charge on any atom is 0.123 e. The lowest BCUT2D eigenvalue weighted by Crippen LogP contribution is -2.37. The van der Waals surface area contributed by atoms with Crippen molar-refractivity contribution in [1.29, 1.82) is 0 Å². The number of benzene rings is 1. The van der Waals surface area contributed by atoms with Crippen LogP contribution in [0.2, 0.25) is 0 Å². The van der Waals surface area contributed by atoms with Gasteiger partial charge in [-0.3, -0.25) is 10.4 Å². The molecular formula is C12H12Cl2N2O. The second kappa shape index (κ2) is 5.34. The summed E-state index contributed by atoms with van der Waals surface area (Å²) in [6.07, 6.45) is 4.26. The van der Waals surface area contributed by atoms with Crippen molar-refractivity contribution >= 4 is 23.2 Å². The van der Waals surface area contributed by atoms with Crippen LogP contribution in [0.4, 0.5) is 0 Å². The van der Waals surface area contributed by atoms with Gasteiger partial charge in [-0.2, -0.15) is 0 Å². The molecular weight excluding hydrogens is 259 g/mol. The van der Waals surface area contributed by atoms with Gasteiger partial charge in [0.05, 0.1) is 0 Å². The van der Waals surface area contributed by atoms with Gasteiger partial charge in [-0.1, -0.05) is 35.3 Å². The van der Waals surface area contributed by atoms with E-state index in [1.165, 1.54) is 0 Å². The van der Waals surface area contributed by atoms with E-state index in [1.54, 1.807) is 29.3 Å². The Morgan fingerprint density at radius 2 is 1.82 bits per heavy atom. The molecule has 0 amide bonds. The Kier molecular flexibility index (Phi) is 3.82. The number of allylic oxidation sites excluding steroid dienone is 2. The van der Waals surface area contributed by atoms with E-state index in [0.717, 1.165) is 12.0 Å². The van der Waals surface area contributed by atoms with Crippen LogP contribution in [0, 0.1) is 0 Å². The van der Waals surface area contributed by atoms with E-state index in [0.29, 0.717) is 16.9 Å². The Bertz CT molecular complexity index is 454. The standard InChI is InChI=1S/C12H12Cl2N2O/c13-11-5-6-12(14)16(15-11)8-7-9-1-3-10(17)4-2-9/h1-6,15,17H,7-8H2. The molecule has 17 heavy (non-hydrogen) atoms. The van der Waals surface area contributed by atoms with E-state index in [-0.39, 0.29) is 5.75 Å². The molecule has 1 aliphatic rings. The van der Waals surface area contributed by atoms with Crippen LogP contribution in [-0.2, 0) is 6.42 Å².